The third-order valence-corrected chi connectivity index (χ3v) is 10.7. The summed E-state index contributed by atoms with van der Waals surface area (Å²) in [5.74, 6) is 1.17. The molecule has 0 amide bonds. The molecule has 0 spiro atoms. The van der Waals surface area contributed by atoms with Crippen molar-refractivity contribution in [2.75, 3.05) is 0 Å². The number of nitrogens with zero attached hydrogens (tertiary/aromatic N) is 2. The van der Waals surface area contributed by atoms with Crippen LogP contribution in [0, 0.1) is 13.8 Å². The molecule has 4 aromatic carbocycles. The summed E-state index contributed by atoms with van der Waals surface area (Å²) in [5.41, 5.74) is 15.7. The summed E-state index contributed by atoms with van der Waals surface area (Å²) in [7, 11) is 0. The fraction of sp³-hybridized carbons (Fsp3) is 0.449. The van der Waals surface area contributed by atoms with Gasteiger partial charge >= 0.3 is 0 Å². The Morgan fingerprint density at radius 3 is 1.24 bits per heavy atom. The van der Waals surface area contributed by atoms with Gasteiger partial charge in [-0.15, -0.1) is 0 Å². The van der Waals surface area contributed by atoms with Gasteiger partial charge in [0, 0.05) is 18.1 Å². The Kier molecular flexibility index (Phi) is 9.73. The van der Waals surface area contributed by atoms with E-state index in [-0.39, 0.29) is 27.1 Å². The lowest BCUT2D eigenvalue weighted by molar-refractivity contribution is -0.600. The van der Waals surface area contributed by atoms with E-state index in [9.17, 15) is 0 Å². The van der Waals surface area contributed by atoms with Gasteiger partial charge in [0.2, 0.25) is 0 Å². The van der Waals surface area contributed by atoms with Crippen LogP contribution in [-0.4, -0.2) is 4.57 Å². The largest absolute Gasteiger partial charge is 0.263 e. The number of aromatic nitrogens is 2. The third-order valence-electron chi connectivity index (χ3n) is 10.7. The molecule has 0 bridgehead atoms. The molecule has 0 unspecified atom stereocenters. The standard InChI is InChI=1S/C49H65N2/c1-32-42(49(15,16)17)22-19-23-43(32)50-24-25-51(33(50)2)44-40(34-26-36(45(3,4)5)30-37(27-34)46(6,7)8)20-18-21-41(44)35-28-38(47(9,10)11)31-39(29-35)48(12,13)14/h18-31H,1-17H3/q+1. The van der Waals surface area contributed by atoms with Crippen molar-refractivity contribution >= 4 is 0 Å². The second kappa shape index (κ2) is 12.9. The Hall–Kier alpha value is -3.91. The average Bonchev–Trinajstić information content (AvgIpc) is 3.38. The van der Waals surface area contributed by atoms with Crippen LogP contribution < -0.4 is 4.57 Å². The average molecular weight is 682 g/mol. The van der Waals surface area contributed by atoms with Crippen molar-refractivity contribution in [3.05, 3.63) is 124 Å². The van der Waals surface area contributed by atoms with E-state index in [1.165, 1.54) is 72.8 Å². The minimum Gasteiger partial charge on any atom is -0.199 e. The Bertz CT molecular complexity index is 1910. The van der Waals surface area contributed by atoms with Gasteiger partial charge in [-0.3, -0.25) is 0 Å². The molecule has 0 atom stereocenters. The highest BCUT2D eigenvalue weighted by Crippen LogP contribution is 2.41. The Labute approximate surface area is 311 Å². The van der Waals surface area contributed by atoms with Gasteiger partial charge < -0.3 is 0 Å². The van der Waals surface area contributed by atoms with E-state index < -0.39 is 0 Å². The highest BCUT2D eigenvalue weighted by molar-refractivity contribution is 5.84. The first-order valence-corrected chi connectivity index (χ1v) is 18.9. The second-order valence-corrected chi connectivity index (χ2v) is 20.1. The molecule has 5 rings (SSSR count). The molecule has 0 N–H and O–H groups in total. The van der Waals surface area contributed by atoms with E-state index in [1.54, 1.807) is 0 Å². The van der Waals surface area contributed by atoms with Crippen molar-refractivity contribution in [1.82, 2.24) is 4.57 Å². The van der Waals surface area contributed by atoms with Gasteiger partial charge in [0.25, 0.3) is 5.82 Å². The zero-order valence-electron chi connectivity index (χ0n) is 35.0. The van der Waals surface area contributed by atoms with E-state index in [0.717, 1.165) is 0 Å². The lowest BCUT2D eigenvalue weighted by Crippen LogP contribution is -2.34. The molecule has 0 aliphatic rings. The van der Waals surface area contributed by atoms with Crippen LogP contribution in [0.15, 0.2) is 85.2 Å². The fourth-order valence-electron chi connectivity index (χ4n) is 7.22. The topological polar surface area (TPSA) is 8.81 Å². The van der Waals surface area contributed by atoms with E-state index in [1.807, 2.05) is 0 Å². The Morgan fingerprint density at radius 1 is 0.471 bits per heavy atom. The van der Waals surface area contributed by atoms with Crippen molar-refractivity contribution in [1.29, 1.82) is 0 Å². The first-order chi connectivity index (χ1) is 23.3. The zero-order chi connectivity index (χ0) is 38.1. The molecule has 0 aliphatic carbocycles. The van der Waals surface area contributed by atoms with Crippen LogP contribution in [0.3, 0.4) is 0 Å². The second-order valence-electron chi connectivity index (χ2n) is 20.1. The van der Waals surface area contributed by atoms with Gasteiger partial charge in [0.1, 0.15) is 23.8 Å². The molecule has 0 aliphatic heterocycles. The fourth-order valence-corrected chi connectivity index (χ4v) is 7.22. The van der Waals surface area contributed by atoms with Gasteiger partial charge in [-0.2, -0.15) is 9.13 Å². The number of benzene rings is 4. The van der Waals surface area contributed by atoms with Crippen molar-refractivity contribution in [3.8, 4) is 33.6 Å². The van der Waals surface area contributed by atoms with E-state index in [4.69, 9.17) is 0 Å². The van der Waals surface area contributed by atoms with Crippen LogP contribution in [0.5, 0.6) is 0 Å². The van der Waals surface area contributed by atoms with Crippen LogP contribution in [0.1, 0.15) is 143 Å². The molecule has 2 heteroatoms. The Morgan fingerprint density at radius 2 is 0.863 bits per heavy atom. The summed E-state index contributed by atoms with van der Waals surface area (Å²) in [4.78, 5) is 0. The van der Waals surface area contributed by atoms with Gasteiger partial charge in [0.15, 0.2) is 0 Å². The van der Waals surface area contributed by atoms with Gasteiger partial charge in [-0.05, 0) is 84.6 Å². The summed E-state index contributed by atoms with van der Waals surface area (Å²) in [5, 5.41) is 0. The first kappa shape index (κ1) is 38.3. The maximum atomic E-state index is 2.44. The molecule has 0 saturated carbocycles. The highest BCUT2D eigenvalue weighted by atomic mass is 15.2. The normalized spacial score (nSPS) is 13.2. The maximum Gasteiger partial charge on any atom is 0.263 e. The molecule has 2 nitrogen and oxygen atoms in total. The number of imidazole rings is 1. The molecule has 0 fully saturated rings. The molecule has 5 aromatic rings. The third kappa shape index (κ3) is 7.81. The monoisotopic (exact) mass is 682 g/mol. The molecule has 51 heavy (non-hydrogen) atoms. The molecule has 1 heterocycles. The van der Waals surface area contributed by atoms with Crippen molar-refractivity contribution < 1.29 is 4.57 Å². The summed E-state index contributed by atoms with van der Waals surface area (Å²) < 4.78 is 4.82. The van der Waals surface area contributed by atoms with E-state index >= 15 is 0 Å². The zero-order valence-corrected chi connectivity index (χ0v) is 35.0. The van der Waals surface area contributed by atoms with Crippen LogP contribution >= 0.6 is 0 Å². The first-order valence-electron chi connectivity index (χ1n) is 18.9. The van der Waals surface area contributed by atoms with Crippen molar-refractivity contribution in [3.63, 3.8) is 0 Å². The highest BCUT2D eigenvalue weighted by Gasteiger charge is 2.29. The molecular formula is C49H65N2+. The predicted molar refractivity (Wildman–Crippen MR) is 221 cm³/mol. The number of hydrogen-bond donors (Lipinski definition) is 0. The van der Waals surface area contributed by atoms with Gasteiger partial charge in [0.05, 0.1) is 0 Å². The predicted octanol–water partition coefficient (Wildman–Crippen LogP) is 13.2. The summed E-state index contributed by atoms with van der Waals surface area (Å²) in [6.07, 6.45) is 4.53. The maximum absolute atomic E-state index is 2.44. The van der Waals surface area contributed by atoms with Crippen LogP contribution in [-0.2, 0) is 27.1 Å². The number of hydrogen-bond acceptors (Lipinski definition) is 0. The van der Waals surface area contributed by atoms with Gasteiger partial charge in [-0.25, -0.2) is 0 Å². The van der Waals surface area contributed by atoms with Gasteiger partial charge in [-0.1, -0.05) is 171 Å². The number of rotatable bonds is 4. The van der Waals surface area contributed by atoms with Crippen LogP contribution in [0.4, 0.5) is 0 Å². The number of para-hydroxylation sites is 1. The van der Waals surface area contributed by atoms with Crippen molar-refractivity contribution in [2.24, 2.45) is 0 Å². The minimum absolute atomic E-state index is 0.0123. The summed E-state index contributed by atoms with van der Waals surface area (Å²) in [6, 6.07) is 28.3. The van der Waals surface area contributed by atoms with Crippen molar-refractivity contribution in [2.45, 2.75) is 145 Å². The quantitative estimate of drug-likeness (QED) is 0.167. The van der Waals surface area contributed by atoms with Crippen LogP contribution in [0.25, 0.3) is 33.6 Å². The molecule has 270 valence electrons. The molecule has 0 radical (unpaired) electrons. The summed E-state index contributed by atoms with van der Waals surface area (Å²) >= 11 is 0. The Balaban J connectivity index is 1.91. The minimum atomic E-state index is 0.0123. The lowest BCUT2D eigenvalue weighted by atomic mass is 9.77. The van der Waals surface area contributed by atoms with Crippen LogP contribution in [0.2, 0.25) is 0 Å². The van der Waals surface area contributed by atoms with E-state index in [2.05, 4.69) is 212 Å². The SMILES string of the molecule is Cc1c(-n2cc[n+](-c3c(-c4cc(C(C)(C)C)cc(C(C)(C)C)c4)cccc3-c3cc(C(C)(C)C)cc(C(C)(C)C)c3)c2C)cccc1C(C)(C)C. The summed E-state index contributed by atoms with van der Waals surface area (Å²) in [6.45, 7) is 39.4. The molecular weight excluding hydrogens is 617 g/mol. The lowest BCUT2D eigenvalue weighted by Gasteiger charge is -2.27. The molecule has 0 saturated heterocycles. The molecule has 1 aromatic heterocycles. The smallest absolute Gasteiger partial charge is 0.199 e. The van der Waals surface area contributed by atoms with E-state index in [0.29, 0.717) is 0 Å².